The number of sulfonamides is 1. The third-order valence-electron chi connectivity index (χ3n) is 7.78. The first-order valence-corrected chi connectivity index (χ1v) is 15.5. The molecule has 8 nitrogen and oxygen atoms in total. The van der Waals surface area contributed by atoms with Crippen molar-refractivity contribution in [3.63, 3.8) is 0 Å². The van der Waals surface area contributed by atoms with E-state index in [4.69, 9.17) is 0 Å². The summed E-state index contributed by atoms with van der Waals surface area (Å²) in [6, 6.07) is 0.807. The topological polar surface area (TPSA) is 93.8 Å². The molecule has 0 radical (unpaired) electrons. The van der Waals surface area contributed by atoms with Gasteiger partial charge in [-0.3, -0.25) is 10.2 Å². The summed E-state index contributed by atoms with van der Waals surface area (Å²) >= 11 is 3.67. The maximum atomic E-state index is 13.7. The van der Waals surface area contributed by atoms with E-state index in [1.54, 1.807) is 11.8 Å². The molecule has 0 aromatic carbocycles. The van der Waals surface area contributed by atoms with Crippen molar-refractivity contribution in [2.75, 3.05) is 12.3 Å². The lowest BCUT2D eigenvalue weighted by atomic mass is 9.89. The van der Waals surface area contributed by atoms with E-state index < -0.39 is 15.3 Å². The monoisotopic (exact) mass is 503 g/mol. The highest BCUT2D eigenvalue weighted by Crippen LogP contribution is 2.42. The number of amides is 2. The normalized spacial score (nSPS) is 43.7. The van der Waals surface area contributed by atoms with Crippen LogP contribution in [0.4, 0.5) is 4.79 Å². The Morgan fingerprint density at radius 2 is 1.91 bits per heavy atom. The van der Waals surface area contributed by atoms with Gasteiger partial charge in [0.25, 0.3) is 0 Å². The van der Waals surface area contributed by atoms with E-state index >= 15 is 0 Å². The van der Waals surface area contributed by atoms with Crippen LogP contribution in [-0.4, -0.2) is 87.6 Å². The molecule has 0 bridgehead atoms. The highest BCUT2D eigenvalue weighted by atomic mass is 32.2. The first-order chi connectivity index (χ1) is 15.1. The van der Waals surface area contributed by atoms with Gasteiger partial charge < -0.3 is 10.2 Å². The molecule has 5 fully saturated rings. The Balaban J connectivity index is 1.37. The quantitative estimate of drug-likeness (QED) is 0.510. The molecule has 5 aliphatic rings. The van der Waals surface area contributed by atoms with Gasteiger partial charge in [-0.15, -0.1) is 23.5 Å². The van der Waals surface area contributed by atoms with Gasteiger partial charge in [0.2, 0.25) is 10.0 Å². The molecule has 0 aromatic heterocycles. The third-order valence-corrected chi connectivity index (χ3v) is 12.7. The van der Waals surface area contributed by atoms with Crippen LogP contribution in [0.2, 0.25) is 0 Å². The van der Waals surface area contributed by atoms with E-state index in [2.05, 4.69) is 41.0 Å². The molecular formula is C21H37N5O3S3. The number of nitrogens with zero attached hydrogens (tertiary/aromatic N) is 2. The minimum absolute atomic E-state index is 0.0628. The third kappa shape index (κ3) is 4.42. The molecule has 0 spiro atoms. The molecule has 8 unspecified atom stereocenters. The standard InChI is InChI=1S/C21H37N5O3S3/c1-12-11-30-19(22-12)26-17-9-15(32(28,29)24-21(4)7-8-21)5-6-16(17)25(20(26)27)10-18-13(2)23-14(3)31-18/h12-19,22-24H,5-11H2,1-4H3. The first kappa shape index (κ1) is 23.5. The van der Waals surface area contributed by atoms with E-state index in [0.29, 0.717) is 35.5 Å². The number of urea groups is 1. The molecule has 11 heteroatoms. The highest BCUT2D eigenvalue weighted by molar-refractivity contribution is 8.00. The molecular weight excluding hydrogens is 466 g/mol. The van der Waals surface area contributed by atoms with Crippen LogP contribution in [0, 0.1) is 0 Å². The summed E-state index contributed by atoms with van der Waals surface area (Å²) in [7, 11) is -3.40. The summed E-state index contributed by atoms with van der Waals surface area (Å²) in [5.41, 5.74) is -0.332. The average Bonchev–Trinajstić information content (AvgIpc) is 3.01. The van der Waals surface area contributed by atoms with Crippen molar-refractivity contribution in [1.29, 1.82) is 0 Å². The van der Waals surface area contributed by atoms with E-state index in [9.17, 15) is 13.2 Å². The highest BCUT2D eigenvalue weighted by Gasteiger charge is 2.55. The van der Waals surface area contributed by atoms with Crippen LogP contribution in [0.15, 0.2) is 0 Å². The molecule has 2 aliphatic carbocycles. The van der Waals surface area contributed by atoms with Gasteiger partial charge in [0, 0.05) is 35.2 Å². The predicted octanol–water partition coefficient (Wildman–Crippen LogP) is 1.93. The maximum Gasteiger partial charge on any atom is 0.322 e. The first-order valence-electron chi connectivity index (χ1n) is 12.0. The minimum atomic E-state index is -3.40. The molecule has 3 heterocycles. The second-order valence-electron chi connectivity index (χ2n) is 10.6. The van der Waals surface area contributed by atoms with Gasteiger partial charge in [-0.2, -0.15) is 0 Å². The molecule has 3 aliphatic heterocycles. The Bertz CT molecular complexity index is 854. The molecule has 8 atom stereocenters. The van der Waals surface area contributed by atoms with Crippen LogP contribution in [0.25, 0.3) is 0 Å². The van der Waals surface area contributed by atoms with Crippen LogP contribution in [0.3, 0.4) is 0 Å². The second-order valence-corrected chi connectivity index (χ2v) is 15.3. The number of fused-ring (bicyclic) bond motifs is 1. The van der Waals surface area contributed by atoms with Crippen molar-refractivity contribution in [3.05, 3.63) is 0 Å². The van der Waals surface area contributed by atoms with Crippen molar-refractivity contribution in [3.8, 4) is 0 Å². The van der Waals surface area contributed by atoms with Crippen molar-refractivity contribution in [2.45, 2.75) is 111 Å². The van der Waals surface area contributed by atoms with E-state index in [0.717, 1.165) is 31.6 Å². The molecule has 2 amide bonds. The lowest BCUT2D eigenvalue weighted by Crippen LogP contribution is -2.53. The number of hydrogen-bond donors (Lipinski definition) is 3. The van der Waals surface area contributed by atoms with Gasteiger partial charge in [-0.05, 0) is 59.8 Å². The van der Waals surface area contributed by atoms with E-state index in [1.165, 1.54) is 0 Å². The van der Waals surface area contributed by atoms with E-state index in [1.807, 2.05) is 23.6 Å². The Labute approximate surface area is 200 Å². The zero-order chi connectivity index (χ0) is 22.8. The van der Waals surface area contributed by atoms with Crippen LogP contribution in [0.1, 0.15) is 59.8 Å². The summed E-state index contributed by atoms with van der Waals surface area (Å²) in [5.74, 6) is 0.963. The van der Waals surface area contributed by atoms with Crippen molar-refractivity contribution < 1.29 is 13.2 Å². The Morgan fingerprint density at radius 1 is 1.16 bits per heavy atom. The van der Waals surface area contributed by atoms with Gasteiger partial charge in [-0.1, -0.05) is 0 Å². The molecule has 3 N–H and O–H groups in total. The summed E-state index contributed by atoms with van der Waals surface area (Å²) in [6.45, 7) is 9.22. The number of hydrogen-bond acceptors (Lipinski definition) is 7. The second kappa shape index (κ2) is 8.48. The maximum absolute atomic E-state index is 13.7. The van der Waals surface area contributed by atoms with Gasteiger partial charge in [0.05, 0.1) is 22.7 Å². The smallest absolute Gasteiger partial charge is 0.318 e. The number of carbonyl (C=O) groups excluding carboxylic acids is 1. The molecule has 5 rings (SSSR count). The number of rotatable bonds is 6. The van der Waals surface area contributed by atoms with Gasteiger partial charge in [0.1, 0.15) is 5.50 Å². The molecule has 0 aromatic rings. The van der Waals surface area contributed by atoms with Gasteiger partial charge in [0.15, 0.2) is 0 Å². The fourth-order valence-electron chi connectivity index (χ4n) is 5.70. The lowest BCUT2D eigenvalue weighted by molar-refractivity contribution is 0.172. The summed E-state index contributed by atoms with van der Waals surface area (Å²) in [5, 5.41) is 7.43. The fraction of sp³-hybridized carbons (Fsp3) is 0.952. The van der Waals surface area contributed by atoms with Crippen molar-refractivity contribution in [2.24, 2.45) is 0 Å². The van der Waals surface area contributed by atoms with Crippen LogP contribution in [0.5, 0.6) is 0 Å². The zero-order valence-electron chi connectivity index (χ0n) is 19.4. The summed E-state index contributed by atoms with van der Waals surface area (Å²) < 4.78 is 29.3. The minimum Gasteiger partial charge on any atom is -0.318 e. The number of thioether (sulfide) groups is 2. The predicted molar refractivity (Wildman–Crippen MR) is 131 cm³/mol. The van der Waals surface area contributed by atoms with E-state index in [-0.39, 0.29) is 29.2 Å². The molecule has 3 saturated heterocycles. The summed E-state index contributed by atoms with van der Waals surface area (Å²) in [6.07, 6.45) is 3.71. The zero-order valence-corrected chi connectivity index (χ0v) is 21.9. The SMILES string of the molecule is CC1CSC(N2C(=O)N(CC3SC(C)NC3C)C3CCC(S(=O)(=O)NC4(C)CC4)CC32)N1. The van der Waals surface area contributed by atoms with Crippen LogP contribution >= 0.6 is 23.5 Å². The van der Waals surface area contributed by atoms with Crippen LogP contribution < -0.4 is 15.4 Å². The Morgan fingerprint density at radius 3 is 2.50 bits per heavy atom. The van der Waals surface area contributed by atoms with Crippen molar-refractivity contribution in [1.82, 2.24) is 25.2 Å². The average molecular weight is 504 g/mol. The summed E-state index contributed by atoms with van der Waals surface area (Å²) in [4.78, 5) is 17.8. The van der Waals surface area contributed by atoms with Crippen molar-refractivity contribution >= 4 is 39.6 Å². The lowest BCUT2D eigenvalue weighted by Gasteiger charge is -2.38. The molecule has 182 valence electrons. The molecule has 2 saturated carbocycles. The van der Waals surface area contributed by atoms with Crippen LogP contribution in [-0.2, 0) is 10.0 Å². The largest absolute Gasteiger partial charge is 0.322 e. The molecule has 32 heavy (non-hydrogen) atoms. The Hall–Kier alpha value is -0.200. The Kier molecular flexibility index (Phi) is 6.24. The number of nitrogens with one attached hydrogen (secondary N) is 3. The van der Waals surface area contributed by atoms with Gasteiger partial charge in [-0.25, -0.2) is 17.9 Å². The fourth-order valence-corrected chi connectivity index (χ4v) is 10.3. The van der Waals surface area contributed by atoms with Gasteiger partial charge >= 0.3 is 6.03 Å². The number of carbonyl (C=O) groups is 1.